The minimum absolute atomic E-state index is 0.0715. The molecular weight excluding hydrogens is 258 g/mol. The largest absolute Gasteiger partial charge is 0.371 e. The van der Waals surface area contributed by atoms with Gasteiger partial charge in [0.25, 0.3) is 5.69 Å². The molecule has 0 unspecified atom stereocenters. The van der Waals surface area contributed by atoms with Gasteiger partial charge in [0.1, 0.15) is 5.82 Å². The third-order valence-electron chi connectivity index (χ3n) is 2.48. The molecule has 6 nitrogen and oxygen atoms in total. The quantitative estimate of drug-likeness (QED) is 0.659. The highest BCUT2D eigenvalue weighted by Crippen LogP contribution is 2.29. The lowest BCUT2D eigenvalue weighted by Crippen LogP contribution is -2.06. The Bertz CT molecular complexity index is 627. The third-order valence-corrected chi connectivity index (χ3v) is 2.48. The lowest BCUT2D eigenvalue weighted by Gasteiger charge is -2.07. The molecule has 100 valence electrons. The normalized spacial score (nSPS) is 10.5. The zero-order valence-electron chi connectivity index (χ0n) is 9.91. The average molecular weight is 268 g/mol. The van der Waals surface area contributed by atoms with E-state index in [0.29, 0.717) is 11.5 Å². The van der Waals surface area contributed by atoms with Gasteiger partial charge >= 0.3 is 0 Å². The van der Waals surface area contributed by atoms with E-state index in [1.54, 1.807) is 6.92 Å². The standard InChI is InChI=1S/C11H10F2N4O2/c1-6-14-4-7(16-6)5-15-11-9(17(18)19)3-2-8(12)10(11)13/h2-4,15H,5H2,1H3,(H,14,16). The van der Waals surface area contributed by atoms with Gasteiger partial charge in [-0.25, -0.2) is 13.8 Å². The zero-order chi connectivity index (χ0) is 14.0. The predicted molar refractivity (Wildman–Crippen MR) is 63.7 cm³/mol. The van der Waals surface area contributed by atoms with Crippen molar-refractivity contribution in [3.8, 4) is 0 Å². The Labute approximate surface area is 106 Å². The predicted octanol–water partition coefficient (Wildman–Crippen LogP) is 2.52. The molecule has 2 N–H and O–H groups in total. The average Bonchev–Trinajstić information content (AvgIpc) is 2.76. The maximum Gasteiger partial charge on any atom is 0.295 e. The fraction of sp³-hybridized carbons (Fsp3) is 0.182. The summed E-state index contributed by atoms with van der Waals surface area (Å²) in [6, 6.07) is 1.64. The topological polar surface area (TPSA) is 83.8 Å². The van der Waals surface area contributed by atoms with Crippen molar-refractivity contribution in [1.82, 2.24) is 9.97 Å². The van der Waals surface area contributed by atoms with E-state index in [-0.39, 0.29) is 6.54 Å². The Morgan fingerprint density at radius 1 is 1.47 bits per heavy atom. The zero-order valence-corrected chi connectivity index (χ0v) is 9.91. The molecule has 0 aliphatic heterocycles. The van der Waals surface area contributed by atoms with E-state index in [2.05, 4.69) is 15.3 Å². The van der Waals surface area contributed by atoms with E-state index >= 15 is 0 Å². The summed E-state index contributed by atoms with van der Waals surface area (Å²) < 4.78 is 26.7. The van der Waals surface area contributed by atoms with Crippen molar-refractivity contribution in [1.29, 1.82) is 0 Å². The molecular formula is C11H10F2N4O2. The molecule has 1 aromatic heterocycles. The van der Waals surface area contributed by atoms with Crippen LogP contribution >= 0.6 is 0 Å². The van der Waals surface area contributed by atoms with Gasteiger partial charge in [0.15, 0.2) is 17.3 Å². The van der Waals surface area contributed by atoms with Gasteiger partial charge in [0.2, 0.25) is 0 Å². The molecule has 1 heterocycles. The number of halogens is 2. The van der Waals surface area contributed by atoms with Crippen molar-refractivity contribution in [2.75, 3.05) is 5.32 Å². The van der Waals surface area contributed by atoms with Crippen LogP contribution in [-0.2, 0) is 6.54 Å². The first-order chi connectivity index (χ1) is 8.99. The van der Waals surface area contributed by atoms with Crippen molar-refractivity contribution < 1.29 is 13.7 Å². The summed E-state index contributed by atoms with van der Waals surface area (Å²) in [7, 11) is 0. The van der Waals surface area contributed by atoms with Gasteiger partial charge < -0.3 is 10.3 Å². The fourth-order valence-corrected chi connectivity index (χ4v) is 1.61. The molecule has 0 spiro atoms. The maximum absolute atomic E-state index is 13.6. The Morgan fingerprint density at radius 3 is 2.79 bits per heavy atom. The summed E-state index contributed by atoms with van der Waals surface area (Å²) >= 11 is 0. The first-order valence-electron chi connectivity index (χ1n) is 5.35. The van der Waals surface area contributed by atoms with Gasteiger partial charge in [-0.2, -0.15) is 0 Å². The van der Waals surface area contributed by atoms with Crippen molar-refractivity contribution in [2.45, 2.75) is 13.5 Å². The van der Waals surface area contributed by atoms with E-state index in [9.17, 15) is 18.9 Å². The number of benzene rings is 1. The van der Waals surface area contributed by atoms with Crippen LogP contribution in [0.25, 0.3) is 0 Å². The second-order valence-corrected chi connectivity index (χ2v) is 3.86. The first-order valence-corrected chi connectivity index (χ1v) is 5.35. The first kappa shape index (κ1) is 12.9. The molecule has 8 heteroatoms. The molecule has 0 bridgehead atoms. The highest BCUT2D eigenvalue weighted by molar-refractivity contribution is 5.62. The number of rotatable bonds is 4. The highest BCUT2D eigenvalue weighted by Gasteiger charge is 2.21. The minimum Gasteiger partial charge on any atom is -0.371 e. The van der Waals surface area contributed by atoms with Crippen LogP contribution in [0.4, 0.5) is 20.2 Å². The monoisotopic (exact) mass is 268 g/mol. The van der Waals surface area contributed by atoms with Crippen LogP contribution in [-0.4, -0.2) is 14.9 Å². The SMILES string of the molecule is Cc1ncc(CNc2c([N+](=O)[O-])ccc(F)c2F)[nH]1. The summed E-state index contributed by atoms with van der Waals surface area (Å²) in [6.45, 7) is 1.80. The molecule has 0 aliphatic carbocycles. The Hall–Kier alpha value is -2.51. The highest BCUT2D eigenvalue weighted by atomic mass is 19.2. The minimum atomic E-state index is -1.27. The molecule has 2 rings (SSSR count). The summed E-state index contributed by atoms with van der Waals surface area (Å²) in [5.74, 6) is -1.76. The Balaban J connectivity index is 2.28. The molecule has 0 saturated heterocycles. The molecule has 0 fully saturated rings. The molecule has 1 aromatic carbocycles. The molecule has 0 atom stereocenters. The van der Waals surface area contributed by atoms with Crippen molar-refractivity contribution in [2.24, 2.45) is 0 Å². The molecule has 2 aromatic rings. The van der Waals surface area contributed by atoms with Crippen LogP contribution in [0.15, 0.2) is 18.3 Å². The van der Waals surface area contributed by atoms with Gasteiger partial charge in [-0.05, 0) is 13.0 Å². The number of nitrogens with zero attached hydrogens (tertiary/aromatic N) is 2. The fourth-order valence-electron chi connectivity index (χ4n) is 1.61. The maximum atomic E-state index is 13.6. The lowest BCUT2D eigenvalue weighted by molar-refractivity contribution is -0.384. The summed E-state index contributed by atoms with van der Waals surface area (Å²) in [6.07, 6.45) is 1.51. The number of nitrogens with one attached hydrogen (secondary N) is 2. The third kappa shape index (κ3) is 2.67. The Kier molecular flexibility index (Phi) is 3.41. The van der Waals surface area contributed by atoms with Crippen molar-refractivity contribution >= 4 is 11.4 Å². The summed E-state index contributed by atoms with van der Waals surface area (Å²) in [4.78, 5) is 16.8. The van der Waals surface area contributed by atoms with Gasteiger partial charge in [-0.1, -0.05) is 0 Å². The van der Waals surface area contributed by atoms with E-state index in [0.717, 1.165) is 12.1 Å². The molecule has 0 radical (unpaired) electrons. The van der Waals surface area contributed by atoms with Crippen molar-refractivity contribution in [3.05, 3.63) is 51.6 Å². The number of imidazole rings is 1. The van der Waals surface area contributed by atoms with E-state index in [1.807, 2.05) is 0 Å². The Morgan fingerprint density at radius 2 is 2.21 bits per heavy atom. The second-order valence-electron chi connectivity index (χ2n) is 3.86. The van der Waals surface area contributed by atoms with Crippen LogP contribution in [0.5, 0.6) is 0 Å². The molecule has 0 amide bonds. The van der Waals surface area contributed by atoms with Crippen LogP contribution < -0.4 is 5.32 Å². The van der Waals surface area contributed by atoms with Gasteiger partial charge in [-0.3, -0.25) is 10.1 Å². The number of hydrogen-bond acceptors (Lipinski definition) is 4. The van der Waals surface area contributed by atoms with E-state index < -0.39 is 27.9 Å². The summed E-state index contributed by atoms with van der Waals surface area (Å²) in [5.41, 5.74) is -0.386. The van der Waals surface area contributed by atoms with Crippen LogP contribution in [0, 0.1) is 28.7 Å². The van der Waals surface area contributed by atoms with Crippen LogP contribution in [0.1, 0.15) is 11.5 Å². The van der Waals surface area contributed by atoms with E-state index in [1.165, 1.54) is 6.20 Å². The summed E-state index contributed by atoms with van der Waals surface area (Å²) in [5, 5.41) is 13.3. The van der Waals surface area contributed by atoms with Gasteiger partial charge in [0.05, 0.1) is 23.4 Å². The lowest BCUT2D eigenvalue weighted by atomic mass is 10.2. The number of nitro benzene ring substituents is 1. The number of anilines is 1. The van der Waals surface area contributed by atoms with Crippen LogP contribution in [0.3, 0.4) is 0 Å². The van der Waals surface area contributed by atoms with E-state index in [4.69, 9.17) is 0 Å². The number of aryl methyl sites for hydroxylation is 1. The van der Waals surface area contributed by atoms with Gasteiger partial charge in [0, 0.05) is 6.07 Å². The second kappa shape index (κ2) is 5.01. The van der Waals surface area contributed by atoms with Crippen molar-refractivity contribution in [3.63, 3.8) is 0 Å². The van der Waals surface area contributed by atoms with Crippen LogP contribution in [0.2, 0.25) is 0 Å². The van der Waals surface area contributed by atoms with Gasteiger partial charge in [-0.15, -0.1) is 0 Å². The number of H-pyrrole nitrogens is 1. The smallest absolute Gasteiger partial charge is 0.295 e. The molecule has 0 aliphatic rings. The molecule has 19 heavy (non-hydrogen) atoms. The molecule has 0 saturated carbocycles. The number of aromatic amines is 1. The number of nitro groups is 1. The number of hydrogen-bond donors (Lipinski definition) is 2. The number of aromatic nitrogens is 2.